The largest absolute Gasteiger partial charge is 0.507 e. The van der Waals surface area contributed by atoms with Crippen molar-refractivity contribution in [2.75, 3.05) is 19.8 Å². The van der Waals surface area contributed by atoms with Crippen molar-refractivity contribution in [3.8, 4) is 11.5 Å². The van der Waals surface area contributed by atoms with E-state index in [2.05, 4.69) is 0 Å². The number of aliphatic hydroxyl groups is 1. The molecule has 3 heterocycles. The van der Waals surface area contributed by atoms with Crippen LogP contribution in [0.5, 0.6) is 11.5 Å². The first-order valence-electron chi connectivity index (χ1n) is 10.4. The van der Waals surface area contributed by atoms with Crippen LogP contribution in [0.3, 0.4) is 0 Å². The second-order valence-corrected chi connectivity index (χ2v) is 7.60. The van der Waals surface area contributed by atoms with E-state index in [1.165, 1.54) is 11.2 Å². The number of Topliss-reactive ketones (excluding diaryl/α,β-unsaturated/α-hetero) is 1. The highest BCUT2D eigenvalue weighted by atomic mass is 16.6. The zero-order valence-corrected chi connectivity index (χ0v) is 17.2. The molecular weight excluding hydrogens is 410 g/mol. The summed E-state index contributed by atoms with van der Waals surface area (Å²) in [5, 5.41) is 11.1. The van der Waals surface area contributed by atoms with Gasteiger partial charge in [0.2, 0.25) is 0 Å². The topological polar surface area (TPSA) is 89.2 Å². The normalized spacial score (nSPS) is 19.4. The first-order chi connectivity index (χ1) is 15.6. The molecule has 7 nitrogen and oxygen atoms in total. The van der Waals surface area contributed by atoms with Crippen molar-refractivity contribution in [2.24, 2.45) is 0 Å². The molecule has 1 amide bonds. The number of furan rings is 1. The van der Waals surface area contributed by atoms with Gasteiger partial charge in [-0.25, -0.2) is 0 Å². The summed E-state index contributed by atoms with van der Waals surface area (Å²) in [7, 11) is 0. The van der Waals surface area contributed by atoms with E-state index in [4.69, 9.17) is 13.9 Å². The van der Waals surface area contributed by atoms with E-state index in [-0.39, 0.29) is 11.3 Å². The number of carbonyl (C=O) groups excluding carboxylic acids is 2. The van der Waals surface area contributed by atoms with Crippen molar-refractivity contribution in [1.29, 1.82) is 0 Å². The molecule has 5 rings (SSSR count). The molecule has 0 aliphatic carbocycles. The minimum absolute atomic E-state index is 0.00492. The van der Waals surface area contributed by atoms with Crippen LogP contribution in [0.1, 0.15) is 22.9 Å². The van der Waals surface area contributed by atoms with E-state index in [0.29, 0.717) is 49.0 Å². The van der Waals surface area contributed by atoms with Gasteiger partial charge >= 0.3 is 0 Å². The van der Waals surface area contributed by atoms with Gasteiger partial charge in [-0.05, 0) is 42.3 Å². The smallest absolute Gasteiger partial charge is 0.295 e. The maximum atomic E-state index is 13.0. The molecule has 2 aromatic carbocycles. The van der Waals surface area contributed by atoms with E-state index < -0.39 is 17.7 Å². The SMILES string of the molecule is O=C1C(=O)N(CCc2ccccc2)[C@@H](c2ccco2)/C1=C(\O)c1ccc2c(c1)OCCO2. The molecule has 1 fully saturated rings. The Kier molecular flexibility index (Phi) is 5.15. The summed E-state index contributed by atoms with van der Waals surface area (Å²) in [4.78, 5) is 27.4. The highest BCUT2D eigenvalue weighted by molar-refractivity contribution is 6.46. The highest BCUT2D eigenvalue weighted by Crippen LogP contribution is 2.41. The number of nitrogens with zero attached hydrogens (tertiary/aromatic N) is 1. The van der Waals surface area contributed by atoms with Crippen LogP contribution in [-0.4, -0.2) is 41.5 Å². The fourth-order valence-electron chi connectivity index (χ4n) is 4.09. The number of rotatable bonds is 5. The van der Waals surface area contributed by atoms with Crippen LogP contribution < -0.4 is 9.47 Å². The van der Waals surface area contributed by atoms with Gasteiger partial charge in [-0.1, -0.05) is 30.3 Å². The molecular formula is C25H21NO6. The molecule has 3 aromatic rings. The summed E-state index contributed by atoms with van der Waals surface area (Å²) < 4.78 is 16.7. The van der Waals surface area contributed by atoms with E-state index in [1.54, 1.807) is 30.3 Å². The third-order valence-corrected chi connectivity index (χ3v) is 5.65. The van der Waals surface area contributed by atoms with Gasteiger partial charge in [0.1, 0.15) is 30.8 Å². The quantitative estimate of drug-likeness (QED) is 0.376. The first-order valence-corrected chi connectivity index (χ1v) is 10.4. The maximum absolute atomic E-state index is 13.0. The minimum Gasteiger partial charge on any atom is -0.507 e. The van der Waals surface area contributed by atoms with Crippen molar-refractivity contribution in [2.45, 2.75) is 12.5 Å². The Morgan fingerprint density at radius 2 is 1.75 bits per heavy atom. The lowest BCUT2D eigenvalue weighted by atomic mass is 9.99. The van der Waals surface area contributed by atoms with Crippen LogP contribution in [0.15, 0.2) is 76.9 Å². The number of benzene rings is 2. The molecule has 0 bridgehead atoms. The Labute approximate surface area is 184 Å². The number of hydrogen-bond acceptors (Lipinski definition) is 6. The van der Waals surface area contributed by atoms with Crippen molar-refractivity contribution >= 4 is 17.4 Å². The lowest BCUT2D eigenvalue weighted by Crippen LogP contribution is -2.31. The van der Waals surface area contributed by atoms with E-state index >= 15 is 0 Å². The number of ether oxygens (including phenoxy) is 2. The van der Waals surface area contributed by atoms with Gasteiger partial charge < -0.3 is 23.9 Å². The zero-order valence-electron chi connectivity index (χ0n) is 17.2. The summed E-state index contributed by atoms with van der Waals surface area (Å²) in [5.41, 5.74) is 1.40. The van der Waals surface area contributed by atoms with Crippen molar-refractivity contribution in [3.05, 3.63) is 89.4 Å². The monoisotopic (exact) mass is 431 g/mol. The number of carbonyl (C=O) groups is 2. The summed E-state index contributed by atoms with van der Waals surface area (Å²) in [6.07, 6.45) is 2.05. The van der Waals surface area contributed by atoms with Gasteiger partial charge in [0.05, 0.1) is 11.8 Å². The van der Waals surface area contributed by atoms with Crippen LogP contribution in [0, 0.1) is 0 Å². The summed E-state index contributed by atoms with van der Waals surface area (Å²) >= 11 is 0. The molecule has 0 radical (unpaired) electrons. The standard InChI is InChI=1S/C25H21NO6/c27-23(17-8-9-18-20(15-17)32-14-13-31-18)21-22(19-7-4-12-30-19)26(25(29)24(21)28)11-10-16-5-2-1-3-6-16/h1-9,12,15,22,27H,10-11,13-14H2/b23-21+/t22-/m0/s1. The maximum Gasteiger partial charge on any atom is 0.295 e. The van der Waals surface area contributed by atoms with E-state index in [1.807, 2.05) is 30.3 Å². The zero-order chi connectivity index (χ0) is 22.1. The lowest BCUT2D eigenvalue weighted by Gasteiger charge is -2.23. The molecule has 7 heteroatoms. The predicted molar refractivity (Wildman–Crippen MR) is 115 cm³/mol. The molecule has 2 aliphatic rings. The number of amides is 1. The Hall–Kier alpha value is -4.00. The summed E-state index contributed by atoms with van der Waals surface area (Å²) in [5.74, 6) is -0.222. The van der Waals surface area contributed by atoms with Crippen LogP contribution in [0.2, 0.25) is 0 Å². The molecule has 0 saturated carbocycles. The van der Waals surface area contributed by atoms with Gasteiger partial charge in [0.25, 0.3) is 11.7 Å². The van der Waals surface area contributed by atoms with Gasteiger partial charge in [0.15, 0.2) is 11.5 Å². The van der Waals surface area contributed by atoms with Gasteiger partial charge in [-0.2, -0.15) is 0 Å². The molecule has 1 aromatic heterocycles. The van der Waals surface area contributed by atoms with E-state index in [9.17, 15) is 14.7 Å². The molecule has 1 saturated heterocycles. The average molecular weight is 431 g/mol. The van der Waals surface area contributed by atoms with Crippen LogP contribution in [0.4, 0.5) is 0 Å². The highest BCUT2D eigenvalue weighted by Gasteiger charge is 2.47. The van der Waals surface area contributed by atoms with Gasteiger partial charge in [-0.3, -0.25) is 9.59 Å². The fourth-order valence-corrected chi connectivity index (χ4v) is 4.09. The third-order valence-electron chi connectivity index (χ3n) is 5.65. The van der Waals surface area contributed by atoms with Crippen molar-refractivity contribution < 1.29 is 28.6 Å². The van der Waals surface area contributed by atoms with Crippen LogP contribution in [0.25, 0.3) is 5.76 Å². The first kappa shape index (κ1) is 19.9. The van der Waals surface area contributed by atoms with Crippen molar-refractivity contribution in [1.82, 2.24) is 4.90 Å². The Bertz CT molecular complexity index is 1180. The van der Waals surface area contributed by atoms with Gasteiger partial charge in [-0.15, -0.1) is 0 Å². The molecule has 2 aliphatic heterocycles. The Morgan fingerprint density at radius 1 is 0.969 bits per heavy atom. The van der Waals surface area contributed by atoms with Gasteiger partial charge in [0, 0.05) is 12.1 Å². The average Bonchev–Trinajstić information content (AvgIpc) is 3.45. The second kappa shape index (κ2) is 8.26. The van der Waals surface area contributed by atoms with Crippen LogP contribution >= 0.6 is 0 Å². The summed E-state index contributed by atoms with van der Waals surface area (Å²) in [6, 6.07) is 17.2. The second-order valence-electron chi connectivity index (χ2n) is 7.60. The number of ketones is 1. The molecule has 1 atom stereocenters. The molecule has 0 unspecified atom stereocenters. The fraction of sp³-hybridized carbons (Fsp3) is 0.200. The lowest BCUT2D eigenvalue weighted by molar-refractivity contribution is -0.140. The molecule has 162 valence electrons. The molecule has 1 N–H and O–H groups in total. The predicted octanol–water partition coefficient (Wildman–Crippen LogP) is 3.72. The van der Waals surface area contributed by atoms with E-state index in [0.717, 1.165) is 5.56 Å². The van der Waals surface area contributed by atoms with Crippen molar-refractivity contribution in [3.63, 3.8) is 0 Å². The number of aliphatic hydroxyl groups excluding tert-OH is 1. The Morgan fingerprint density at radius 3 is 2.50 bits per heavy atom. The molecule has 0 spiro atoms. The molecule has 32 heavy (non-hydrogen) atoms. The van der Waals surface area contributed by atoms with Crippen LogP contribution in [-0.2, 0) is 16.0 Å². The summed E-state index contributed by atoms with van der Waals surface area (Å²) in [6.45, 7) is 1.15. The Balaban J connectivity index is 1.54. The number of hydrogen-bond donors (Lipinski definition) is 1. The number of fused-ring (bicyclic) bond motifs is 1. The number of likely N-dealkylation sites (tertiary alicyclic amines) is 1. The minimum atomic E-state index is -0.818. The third kappa shape index (κ3) is 3.51.